The third-order valence-electron chi connectivity index (χ3n) is 17.5. The normalized spacial score (nSPS) is 36.9. The Bertz CT molecular complexity index is 2410. The molecule has 12 heterocycles. The molecule has 12 rings (SSSR count). The van der Waals surface area contributed by atoms with Crippen LogP contribution in [-0.4, -0.2) is 159 Å². The zero-order chi connectivity index (χ0) is 58.6. The molecule has 448 valence electrons. The maximum atomic E-state index is 11.7. The van der Waals surface area contributed by atoms with Crippen molar-refractivity contribution in [3.8, 4) is 0 Å². The number of carbonyl (C=O) groups excluding carboxylic acids is 7. The van der Waals surface area contributed by atoms with Gasteiger partial charge in [0.15, 0.2) is 18.3 Å². The van der Waals surface area contributed by atoms with Gasteiger partial charge < -0.3 is 61.6 Å². The summed E-state index contributed by atoms with van der Waals surface area (Å²) in [6, 6.07) is 0. The van der Waals surface area contributed by atoms with Gasteiger partial charge in [0.25, 0.3) is 0 Å². The van der Waals surface area contributed by atoms with E-state index in [0.29, 0.717) is 102 Å². The van der Waals surface area contributed by atoms with Gasteiger partial charge >= 0.3 is 41.8 Å². The van der Waals surface area contributed by atoms with E-state index in [-0.39, 0.29) is 104 Å². The molecular formula is C61H84O20. The molecule has 0 aliphatic carbocycles. The highest BCUT2D eigenvalue weighted by atomic mass is 16.7. The summed E-state index contributed by atoms with van der Waals surface area (Å²) in [6.45, 7) is 31.3. The molecule has 81 heavy (non-hydrogen) atoms. The van der Waals surface area contributed by atoms with Crippen LogP contribution in [0, 0.1) is 35.5 Å². The van der Waals surface area contributed by atoms with Gasteiger partial charge in [-0.05, 0) is 124 Å². The van der Waals surface area contributed by atoms with Crippen molar-refractivity contribution in [3.63, 3.8) is 0 Å². The summed E-state index contributed by atoms with van der Waals surface area (Å²) >= 11 is 0. The number of esters is 7. The van der Waals surface area contributed by atoms with Crippen molar-refractivity contribution >= 4 is 41.8 Å². The van der Waals surface area contributed by atoms with Crippen molar-refractivity contribution in [1.29, 1.82) is 0 Å². The number of carbonyl (C=O) groups is 7. The second-order valence-corrected chi connectivity index (χ2v) is 24.0. The van der Waals surface area contributed by atoms with E-state index < -0.39 is 24.1 Å². The largest absolute Gasteiger partial charge is 0.462 e. The SMILES string of the molecule is C=C(C)C(=O)OC(C(C)C)C1CC2CCC1O2.C=C(C)C(=O)OC(C)C1CC2CCC1O2.C=C(C)C(=O)OCCC1CC2CCC1O2.C=C(C)C(=O)OCCOC1C2CC3C(=O)OC1C3O2.C=CC(=O)OC1C2CC3C(=O)OC1C3O2. The molecule has 0 aromatic rings. The van der Waals surface area contributed by atoms with Crippen LogP contribution in [0.4, 0.5) is 0 Å². The topological polar surface area (TPSA) is 239 Å². The second kappa shape index (κ2) is 27.0. The molecule has 0 saturated carbocycles. The highest BCUT2D eigenvalue weighted by Crippen LogP contribution is 2.49. The van der Waals surface area contributed by atoms with Crippen molar-refractivity contribution < 1.29 is 95.1 Å². The molecule has 12 saturated heterocycles. The number of fused-ring (bicyclic) bond motifs is 8. The third kappa shape index (κ3) is 14.6. The summed E-state index contributed by atoms with van der Waals surface area (Å²) in [4.78, 5) is 79.2. The Morgan fingerprint density at radius 3 is 1.46 bits per heavy atom. The van der Waals surface area contributed by atoms with Gasteiger partial charge in [-0.1, -0.05) is 46.7 Å². The molecule has 0 radical (unpaired) electrons. The Balaban J connectivity index is 0.000000133. The van der Waals surface area contributed by atoms with Crippen molar-refractivity contribution in [2.75, 3.05) is 19.8 Å². The van der Waals surface area contributed by atoms with Crippen LogP contribution in [0.2, 0.25) is 0 Å². The highest BCUT2D eigenvalue weighted by molar-refractivity contribution is 5.88. The van der Waals surface area contributed by atoms with Gasteiger partial charge in [-0.25, -0.2) is 24.0 Å². The Hall–Kier alpha value is -5.25. The number of rotatable bonds is 18. The Kier molecular flexibility index (Phi) is 20.6. The quantitative estimate of drug-likeness (QED) is 0.0592. The average Bonchev–Trinajstić information content (AvgIpc) is 3.64. The van der Waals surface area contributed by atoms with Gasteiger partial charge in [-0.3, -0.25) is 9.59 Å². The Morgan fingerprint density at radius 1 is 0.531 bits per heavy atom. The van der Waals surface area contributed by atoms with E-state index in [0.717, 1.165) is 44.6 Å². The molecule has 0 amide bonds. The van der Waals surface area contributed by atoms with Gasteiger partial charge in [0.2, 0.25) is 0 Å². The van der Waals surface area contributed by atoms with Crippen molar-refractivity contribution in [3.05, 3.63) is 61.3 Å². The summed E-state index contributed by atoms with van der Waals surface area (Å²) in [6.07, 6.45) is 13.7. The van der Waals surface area contributed by atoms with Crippen LogP contribution < -0.4 is 0 Å². The fourth-order valence-electron chi connectivity index (χ4n) is 13.4. The number of hydrogen-bond acceptors (Lipinski definition) is 20. The maximum absolute atomic E-state index is 11.7. The monoisotopic (exact) mass is 1140 g/mol. The first-order chi connectivity index (χ1) is 38.5. The molecule has 10 bridgehead atoms. The van der Waals surface area contributed by atoms with E-state index in [4.69, 9.17) is 61.6 Å². The lowest BCUT2D eigenvalue weighted by atomic mass is 9.81. The molecule has 12 aliphatic heterocycles. The van der Waals surface area contributed by atoms with E-state index >= 15 is 0 Å². The van der Waals surface area contributed by atoms with Crippen LogP contribution in [0.25, 0.3) is 0 Å². The molecule has 12 aliphatic rings. The van der Waals surface area contributed by atoms with Crippen LogP contribution in [0.3, 0.4) is 0 Å². The Morgan fingerprint density at radius 2 is 1.00 bits per heavy atom. The molecule has 21 unspecified atom stereocenters. The van der Waals surface area contributed by atoms with E-state index in [1.165, 1.54) is 25.7 Å². The van der Waals surface area contributed by atoms with Gasteiger partial charge in [-0.2, -0.15) is 0 Å². The average molecular weight is 1140 g/mol. The fraction of sp³-hybridized carbons (Fsp3) is 0.721. The van der Waals surface area contributed by atoms with Crippen molar-refractivity contribution in [2.24, 2.45) is 35.5 Å². The van der Waals surface area contributed by atoms with Gasteiger partial charge in [0, 0.05) is 40.2 Å². The van der Waals surface area contributed by atoms with E-state index in [9.17, 15) is 33.6 Å². The second-order valence-electron chi connectivity index (χ2n) is 24.0. The standard InChI is InChI=1S/C14H22O3.C13H16O6.2C12H18O3.C10H10O5/c1-8(2)13(17-14(15)9(3)4)11-7-10-5-6-12(11)16-10;1-6(2)12(14)17-4-3-16-10-8-5-7-9(18-8)11(10)19-13(7)15;1-7(2)12(13)14-8(3)10-6-9-4-5-11(10)15-9;1-8(2)12(13)14-6-5-9-7-10-3-4-11(9)15-10;1-2-6(11)14-8-5-3-4-7(13-5)9(8)15-10(4)12/h8,10-13H,3,5-7H2,1-2,4H3;7-11H,1,3-5H2,2H3;8-11H,1,4-6H2,2-3H3;9-11H,1,3-7H2,2H3;2,4-5,7-9H,1,3H2. The van der Waals surface area contributed by atoms with E-state index in [2.05, 4.69) is 46.7 Å². The third-order valence-corrected chi connectivity index (χ3v) is 17.5. The minimum absolute atomic E-state index is 0.0329. The summed E-state index contributed by atoms with van der Waals surface area (Å²) in [5.41, 5.74) is 1.76. The molecule has 12 fully saturated rings. The van der Waals surface area contributed by atoms with Crippen LogP contribution in [0.5, 0.6) is 0 Å². The first-order valence-corrected chi connectivity index (χ1v) is 29.0. The Labute approximate surface area is 475 Å². The van der Waals surface area contributed by atoms with Gasteiger partial charge in [0.1, 0.15) is 37.1 Å². The predicted octanol–water partition coefficient (Wildman–Crippen LogP) is 6.82. The zero-order valence-electron chi connectivity index (χ0n) is 48.1. The molecule has 0 spiro atoms. The minimum Gasteiger partial charge on any atom is -0.462 e. The van der Waals surface area contributed by atoms with Gasteiger partial charge in [-0.15, -0.1) is 0 Å². The smallest absolute Gasteiger partial charge is 0.333 e. The number of hydrogen-bond donors (Lipinski definition) is 0. The summed E-state index contributed by atoms with van der Waals surface area (Å²) in [7, 11) is 0. The van der Waals surface area contributed by atoms with Crippen LogP contribution >= 0.6 is 0 Å². The summed E-state index contributed by atoms with van der Waals surface area (Å²) in [5.74, 6) is -0.777. The van der Waals surface area contributed by atoms with E-state index in [1.807, 2.05) is 6.92 Å². The minimum atomic E-state index is -0.504. The molecule has 0 N–H and O–H groups in total. The zero-order valence-corrected chi connectivity index (χ0v) is 48.1. The lowest BCUT2D eigenvalue weighted by Gasteiger charge is -2.31. The van der Waals surface area contributed by atoms with Crippen molar-refractivity contribution in [2.45, 2.75) is 223 Å². The molecule has 20 heteroatoms. The molecule has 0 aromatic carbocycles. The number of ether oxygens (including phenoxy) is 13. The lowest BCUT2D eigenvalue weighted by molar-refractivity contribution is -0.156. The fourth-order valence-corrected chi connectivity index (χ4v) is 13.4. The van der Waals surface area contributed by atoms with Crippen LogP contribution in [0.15, 0.2) is 61.3 Å². The van der Waals surface area contributed by atoms with Crippen LogP contribution in [0.1, 0.15) is 126 Å². The molecular weight excluding hydrogens is 1050 g/mol. The molecule has 21 atom stereocenters. The maximum Gasteiger partial charge on any atom is 0.333 e. The lowest BCUT2D eigenvalue weighted by Crippen LogP contribution is -2.39. The van der Waals surface area contributed by atoms with Gasteiger partial charge in [0.05, 0.1) is 73.9 Å². The molecule has 20 nitrogen and oxygen atoms in total. The first kappa shape index (κ1) is 61.8. The summed E-state index contributed by atoms with van der Waals surface area (Å²) < 4.78 is 70.6. The molecule has 0 aromatic heterocycles. The first-order valence-electron chi connectivity index (χ1n) is 29.0. The van der Waals surface area contributed by atoms with E-state index in [1.54, 1.807) is 27.7 Å². The van der Waals surface area contributed by atoms with Crippen molar-refractivity contribution in [1.82, 2.24) is 0 Å². The summed E-state index contributed by atoms with van der Waals surface area (Å²) in [5, 5.41) is 0. The predicted molar refractivity (Wildman–Crippen MR) is 287 cm³/mol. The highest BCUT2D eigenvalue weighted by Gasteiger charge is 2.66. The van der Waals surface area contributed by atoms with Crippen LogP contribution in [-0.2, 0) is 95.1 Å².